The highest BCUT2D eigenvalue weighted by Crippen LogP contribution is 2.50. The van der Waals surface area contributed by atoms with E-state index in [1.54, 1.807) is 0 Å². The average Bonchev–Trinajstić information content (AvgIpc) is 3.75. The molecule has 0 aliphatic rings. The van der Waals surface area contributed by atoms with Crippen molar-refractivity contribution in [2.45, 2.75) is 0 Å². The van der Waals surface area contributed by atoms with Crippen LogP contribution in [0, 0.1) is 0 Å². The van der Waals surface area contributed by atoms with Crippen LogP contribution in [0.15, 0.2) is 194 Å². The molecule has 0 aliphatic heterocycles. The first-order valence-corrected chi connectivity index (χ1v) is 18.2. The van der Waals surface area contributed by atoms with E-state index >= 15 is 0 Å². The smallest absolute Gasteiger partial charge is 0.0640 e. The van der Waals surface area contributed by atoms with E-state index in [-0.39, 0.29) is 0 Å². The minimum Gasteiger partial charge on any atom is -0.309 e. The second-order valence-electron chi connectivity index (χ2n) is 12.9. The monoisotopic (exact) mass is 668 g/mol. The van der Waals surface area contributed by atoms with Crippen molar-refractivity contribution in [2.75, 3.05) is 4.90 Å². The number of para-hydroxylation sites is 2. The van der Waals surface area contributed by atoms with Gasteiger partial charge in [0.25, 0.3) is 0 Å². The summed E-state index contributed by atoms with van der Waals surface area (Å²) >= 11 is 1.87. The summed E-state index contributed by atoms with van der Waals surface area (Å²) in [6, 6.07) is 70.4. The van der Waals surface area contributed by atoms with Gasteiger partial charge < -0.3 is 9.47 Å². The van der Waals surface area contributed by atoms with Crippen molar-refractivity contribution < 1.29 is 0 Å². The molecule has 8 aromatic carbocycles. The van der Waals surface area contributed by atoms with Crippen molar-refractivity contribution in [1.29, 1.82) is 0 Å². The summed E-state index contributed by atoms with van der Waals surface area (Å²) in [4.78, 5) is 2.50. The van der Waals surface area contributed by atoms with E-state index in [0.717, 1.165) is 22.7 Å². The van der Waals surface area contributed by atoms with Crippen LogP contribution in [-0.2, 0) is 0 Å². The molecule has 0 saturated heterocycles. The quantitative estimate of drug-likeness (QED) is 0.171. The molecule has 0 saturated carbocycles. The first kappa shape index (κ1) is 29.5. The molecule has 0 unspecified atom stereocenters. The Kier molecular flexibility index (Phi) is 7.04. The zero-order valence-electron chi connectivity index (χ0n) is 27.8. The Morgan fingerprint density at radius 2 is 1.02 bits per heavy atom. The fourth-order valence-electron chi connectivity index (χ4n) is 7.76. The van der Waals surface area contributed by atoms with E-state index in [0.29, 0.717) is 0 Å². The summed E-state index contributed by atoms with van der Waals surface area (Å²) in [5.74, 6) is 0. The standard InChI is InChI=1S/C48H32N2S/c1-4-16-33(17-5-1)37-24-14-27-43(47(37)34-18-6-2-7-19-34)50(44-28-15-25-41-40-23-11-13-29-46(40)51-48(41)44)36-30-31-39-38-22-10-12-26-42(38)49(45(39)32-36)35-20-8-3-9-21-35/h1-32H. The number of fused-ring (bicyclic) bond motifs is 6. The number of nitrogens with zero attached hydrogens (tertiary/aromatic N) is 2. The molecular weight excluding hydrogens is 637 g/mol. The van der Waals surface area contributed by atoms with Gasteiger partial charge in [-0.3, -0.25) is 0 Å². The number of aromatic nitrogens is 1. The molecule has 10 aromatic rings. The van der Waals surface area contributed by atoms with Crippen molar-refractivity contribution in [1.82, 2.24) is 4.57 Å². The van der Waals surface area contributed by atoms with E-state index in [4.69, 9.17) is 0 Å². The van der Waals surface area contributed by atoms with Gasteiger partial charge in [-0.1, -0.05) is 146 Å². The fraction of sp³-hybridized carbons (Fsp3) is 0. The number of rotatable bonds is 6. The van der Waals surface area contributed by atoms with E-state index in [1.165, 1.54) is 64.2 Å². The number of hydrogen-bond acceptors (Lipinski definition) is 2. The molecule has 2 aromatic heterocycles. The fourth-order valence-corrected chi connectivity index (χ4v) is 8.97. The van der Waals surface area contributed by atoms with Gasteiger partial charge in [0.05, 0.1) is 27.1 Å². The third-order valence-electron chi connectivity index (χ3n) is 9.98. The maximum Gasteiger partial charge on any atom is 0.0640 e. The maximum absolute atomic E-state index is 2.50. The molecule has 0 fully saturated rings. The predicted octanol–water partition coefficient (Wildman–Crippen LogP) is 14.0. The number of hydrogen-bond donors (Lipinski definition) is 0. The Morgan fingerprint density at radius 3 is 1.82 bits per heavy atom. The molecule has 0 atom stereocenters. The Hall–Kier alpha value is -6.42. The lowest BCUT2D eigenvalue weighted by Crippen LogP contribution is -2.12. The Balaban J connectivity index is 1.32. The summed E-state index contributed by atoms with van der Waals surface area (Å²) < 4.78 is 4.97. The SMILES string of the molecule is c1ccc(-c2cccc(N(c3ccc4c5ccccc5n(-c5ccccc5)c4c3)c3cccc4c3sc3ccccc34)c2-c2ccccc2)cc1. The van der Waals surface area contributed by atoms with Gasteiger partial charge in [0, 0.05) is 43.2 Å². The molecule has 2 nitrogen and oxygen atoms in total. The van der Waals surface area contributed by atoms with Crippen LogP contribution in [0.5, 0.6) is 0 Å². The van der Waals surface area contributed by atoms with Crippen molar-refractivity contribution >= 4 is 70.4 Å². The third kappa shape index (κ3) is 4.85. The van der Waals surface area contributed by atoms with Crippen LogP contribution in [0.4, 0.5) is 17.1 Å². The topological polar surface area (TPSA) is 8.17 Å². The molecule has 0 aliphatic carbocycles. The summed E-state index contributed by atoms with van der Waals surface area (Å²) in [6.45, 7) is 0. The number of thiophene rings is 1. The minimum atomic E-state index is 1.11. The van der Waals surface area contributed by atoms with Gasteiger partial charge in [0.1, 0.15) is 0 Å². The van der Waals surface area contributed by atoms with Crippen LogP contribution in [0.25, 0.3) is 69.9 Å². The molecule has 2 heterocycles. The second kappa shape index (κ2) is 12.2. The highest BCUT2D eigenvalue weighted by atomic mass is 32.1. The summed E-state index contributed by atoms with van der Waals surface area (Å²) in [5.41, 5.74) is 11.7. The predicted molar refractivity (Wildman–Crippen MR) is 219 cm³/mol. The zero-order chi connectivity index (χ0) is 33.7. The largest absolute Gasteiger partial charge is 0.309 e. The van der Waals surface area contributed by atoms with E-state index in [1.807, 2.05) is 11.3 Å². The summed E-state index contributed by atoms with van der Waals surface area (Å²) in [7, 11) is 0. The van der Waals surface area contributed by atoms with Crippen LogP contribution < -0.4 is 4.90 Å². The molecular formula is C48H32N2S. The summed E-state index contributed by atoms with van der Waals surface area (Å²) in [5, 5.41) is 5.05. The van der Waals surface area contributed by atoms with Crippen molar-refractivity contribution in [2.24, 2.45) is 0 Å². The Morgan fingerprint density at radius 1 is 0.412 bits per heavy atom. The molecule has 0 bridgehead atoms. The van der Waals surface area contributed by atoms with Gasteiger partial charge in [-0.05, 0) is 65.2 Å². The van der Waals surface area contributed by atoms with Crippen LogP contribution in [0.2, 0.25) is 0 Å². The van der Waals surface area contributed by atoms with E-state index < -0.39 is 0 Å². The number of anilines is 3. The van der Waals surface area contributed by atoms with Gasteiger partial charge in [-0.25, -0.2) is 0 Å². The lowest BCUT2D eigenvalue weighted by molar-refractivity contribution is 1.18. The van der Waals surface area contributed by atoms with Gasteiger partial charge in [0.15, 0.2) is 0 Å². The minimum absolute atomic E-state index is 1.11. The average molecular weight is 669 g/mol. The molecule has 0 radical (unpaired) electrons. The second-order valence-corrected chi connectivity index (χ2v) is 14.0. The summed E-state index contributed by atoms with van der Waals surface area (Å²) in [6.07, 6.45) is 0. The molecule has 240 valence electrons. The van der Waals surface area contributed by atoms with Crippen LogP contribution >= 0.6 is 11.3 Å². The maximum atomic E-state index is 2.50. The molecule has 0 amide bonds. The van der Waals surface area contributed by atoms with Gasteiger partial charge >= 0.3 is 0 Å². The van der Waals surface area contributed by atoms with Crippen LogP contribution in [0.1, 0.15) is 0 Å². The first-order chi connectivity index (χ1) is 25.3. The number of benzene rings is 8. The molecule has 10 rings (SSSR count). The van der Waals surface area contributed by atoms with Crippen molar-refractivity contribution in [3.8, 4) is 27.9 Å². The highest BCUT2D eigenvalue weighted by Gasteiger charge is 2.24. The van der Waals surface area contributed by atoms with Gasteiger partial charge in [-0.15, -0.1) is 11.3 Å². The lowest BCUT2D eigenvalue weighted by atomic mass is 9.92. The van der Waals surface area contributed by atoms with Gasteiger partial charge in [0.2, 0.25) is 0 Å². The Labute approximate surface area is 300 Å². The normalized spacial score (nSPS) is 11.5. The Bertz CT molecular complexity index is 2850. The lowest BCUT2D eigenvalue weighted by Gasteiger charge is -2.30. The highest BCUT2D eigenvalue weighted by molar-refractivity contribution is 7.26. The van der Waals surface area contributed by atoms with Crippen molar-refractivity contribution in [3.63, 3.8) is 0 Å². The first-order valence-electron chi connectivity index (χ1n) is 17.4. The van der Waals surface area contributed by atoms with Gasteiger partial charge in [-0.2, -0.15) is 0 Å². The zero-order valence-corrected chi connectivity index (χ0v) is 28.6. The molecule has 0 spiro atoms. The molecule has 3 heteroatoms. The van der Waals surface area contributed by atoms with Crippen LogP contribution in [-0.4, -0.2) is 4.57 Å². The molecule has 0 N–H and O–H groups in total. The van der Waals surface area contributed by atoms with E-state index in [2.05, 4.69) is 204 Å². The molecule has 51 heavy (non-hydrogen) atoms. The van der Waals surface area contributed by atoms with Crippen molar-refractivity contribution in [3.05, 3.63) is 194 Å². The van der Waals surface area contributed by atoms with Crippen LogP contribution in [0.3, 0.4) is 0 Å². The van der Waals surface area contributed by atoms with E-state index in [9.17, 15) is 0 Å². The third-order valence-corrected chi connectivity index (χ3v) is 11.2.